The molecule has 0 aliphatic heterocycles. The van der Waals surface area contributed by atoms with Gasteiger partial charge in [-0.15, -0.1) is 0 Å². The van der Waals surface area contributed by atoms with Crippen LogP contribution in [-0.2, 0) is 9.32 Å². The monoisotopic (exact) mass is 218 g/mol. The van der Waals surface area contributed by atoms with E-state index in [1.165, 1.54) is 0 Å². The fraction of sp³-hybridized carbons (Fsp3) is 0.909. The second kappa shape index (κ2) is 6.40. The number of rotatable bonds is 6. The van der Waals surface area contributed by atoms with E-state index < -0.39 is 0 Å². The summed E-state index contributed by atoms with van der Waals surface area (Å²) in [5.41, 5.74) is 0.127. The lowest BCUT2D eigenvalue weighted by atomic mass is 9.68. The lowest BCUT2D eigenvalue weighted by Gasteiger charge is -2.36. The zero-order chi connectivity index (χ0) is 11.2. The van der Waals surface area contributed by atoms with Crippen LogP contribution in [0.1, 0.15) is 53.4 Å². The molecule has 14 heavy (non-hydrogen) atoms. The van der Waals surface area contributed by atoms with Crippen molar-refractivity contribution in [3.8, 4) is 0 Å². The third-order valence-corrected chi connectivity index (χ3v) is 3.89. The Balaban J connectivity index is 4.83. The van der Waals surface area contributed by atoms with Crippen molar-refractivity contribution >= 4 is 15.4 Å². The summed E-state index contributed by atoms with van der Waals surface area (Å²) in [4.78, 5) is 11.6. The highest BCUT2D eigenvalue weighted by Gasteiger charge is 2.38. The van der Waals surface area contributed by atoms with Crippen LogP contribution in [0, 0.1) is 11.3 Å². The molecule has 0 aliphatic carbocycles. The average molecular weight is 218 g/mol. The van der Waals surface area contributed by atoms with Gasteiger partial charge in [-0.3, -0.25) is 4.79 Å². The topological polar surface area (TPSA) is 26.3 Å². The Labute approximate surface area is 90.1 Å². The van der Waals surface area contributed by atoms with Gasteiger partial charge in [-0.25, -0.2) is 0 Å². The first-order valence-corrected chi connectivity index (χ1v) is 5.99. The molecule has 0 aliphatic rings. The first-order chi connectivity index (χ1) is 6.61. The fourth-order valence-electron chi connectivity index (χ4n) is 2.42. The summed E-state index contributed by atoms with van der Waals surface area (Å²) < 4.78 is 4.79. The van der Waals surface area contributed by atoms with Gasteiger partial charge in [0.1, 0.15) is 0 Å². The highest BCUT2D eigenvalue weighted by molar-refractivity contribution is 7.10. The molecule has 0 radical (unpaired) electrons. The minimum Gasteiger partial charge on any atom is -0.451 e. The molecule has 2 atom stereocenters. The van der Waals surface area contributed by atoms with E-state index in [2.05, 4.69) is 37.2 Å². The van der Waals surface area contributed by atoms with Gasteiger partial charge in [-0.1, -0.05) is 27.7 Å². The Kier molecular flexibility index (Phi) is 6.35. The van der Waals surface area contributed by atoms with Crippen LogP contribution in [0.25, 0.3) is 0 Å². The molecule has 0 heterocycles. The lowest BCUT2D eigenvalue weighted by molar-refractivity contribution is -0.143. The third-order valence-electron chi connectivity index (χ3n) is 3.66. The van der Waals surface area contributed by atoms with Crippen LogP contribution < -0.4 is 0 Å². The minimum atomic E-state index is -0.0805. The van der Waals surface area contributed by atoms with Crippen molar-refractivity contribution in [2.45, 2.75) is 53.4 Å². The average Bonchev–Trinajstić information content (AvgIpc) is 2.25. The van der Waals surface area contributed by atoms with Crippen molar-refractivity contribution in [1.82, 2.24) is 0 Å². The molecule has 0 bridgehead atoms. The van der Waals surface area contributed by atoms with Crippen LogP contribution in [0.15, 0.2) is 0 Å². The summed E-state index contributed by atoms with van der Waals surface area (Å²) in [5.74, 6) is -0.0388. The largest absolute Gasteiger partial charge is 0.451 e. The molecule has 0 rings (SSSR count). The summed E-state index contributed by atoms with van der Waals surface area (Å²) in [6, 6.07) is 0. The molecule has 84 valence electrons. The van der Waals surface area contributed by atoms with E-state index in [9.17, 15) is 4.79 Å². The van der Waals surface area contributed by atoms with Crippen molar-refractivity contribution < 1.29 is 9.32 Å². The summed E-state index contributed by atoms with van der Waals surface area (Å²) >= 11 is 0. The van der Waals surface area contributed by atoms with Gasteiger partial charge in [0, 0.05) is 0 Å². The van der Waals surface area contributed by atoms with Crippen LogP contribution in [-0.4, -0.2) is 5.97 Å². The second-order valence-corrected chi connectivity index (χ2v) is 4.06. The van der Waals surface area contributed by atoms with E-state index in [0.29, 0.717) is 0 Å². The molecular formula is C11H23O2P. The number of carbonyl (C=O) groups excluding carboxylic acids is 1. The predicted octanol–water partition coefficient (Wildman–Crippen LogP) is 3.56. The van der Waals surface area contributed by atoms with Crippen LogP contribution in [0.4, 0.5) is 0 Å². The van der Waals surface area contributed by atoms with Gasteiger partial charge in [-0.05, 0) is 31.1 Å². The smallest absolute Gasteiger partial charge is 0.311 e. The van der Waals surface area contributed by atoms with Crippen molar-refractivity contribution in [2.24, 2.45) is 11.3 Å². The fourth-order valence-corrected chi connectivity index (χ4v) is 2.59. The first-order valence-electron chi connectivity index (χ1n) is 5.52. The molecule has 0 amide bonds. The quantitative estimate of drug-likeness (QED) is 0.637. The van der Waals surface area contributed by atoms with E-state index >= 15 is 0 Å². The molecule has 0 aromatic heterocycles. The number of hydrogen-bond donors (Lipinski definition) is 0. The maximum absolute atomic E-state index is 11.6. The minimum absolute atomic E-state index is 0.0417. The Hall–Kier alpha value is -0.100. The second-order valence-electron chi connectivity index (χ2n) is 3.82. The summed E-state index contributed by atoms with van der Waals surface area (Å²) in [7, 11) is 2.06. The number of hydrogen-bond acceptors (Lipinski definition) is 2. The zero-order valence-corrected chi connectivity index (χ0v) is 11.0. The molecule has 0 aromatic rings. The van der Waals surface area contributed by atoms with Gasteiger partial charge in [0.15, 0.2) is 0 Å². The van der Waals surface area contributed by atoms with Gasteiger partial charge >= 0.3 is 5.97 Å². The van der Waals surface area contributed by atoms with Crippen molar-refractivity contribution in [3.63, 3.8) is 0 Å². The molecule has 2 nitrogen and oxygen atoms in total. The molecular weight excluding hydrogens is 195 g/mol. The first kappa shape index (κ1) is 13.9. The van der Waals surface area contributed by atoms with Crippen molar-refractivity contribution in [2.75, 3.05) is 0 Å². The van der Waals surface area contributed by atoms with Gasteiger partial charge in [0.05, 0.1) is 15.4 Å². The van der Waals surface area contributed by atoms with Gasteiger partial charge < -0.3 is 4.52 Å². The Morgan fingerprint density at radius 1 is 1.21 bits per heavy atom. The van der Waals surface area contributed by atoms with E-state index in [4.69, 9.17) is 4.52 Å². The van der Waals surface area contributed by atoms with Crippen LogP contribution >= 0.6 is 9.47 Å². The normalized spacial score (nSPS) is 13.8. The standard InChI is InChI=1S/C11H23O2P/c1-5-9(10(12)13-14)11(6-2,7-3)8-4/h9H,5-8,14H2,1-4H3. The maximum Gasteiger partial charge on any atom is 0.311 e. The van der Waals surface area contributed by atoms with E-state index in [0.717, 1.165) is 25.7 Å². The Bertz CT molecular complexity index is 168. The summed E-state index contributed by atoms with van der Waals surface area (Å²) in [6.07, 6.45) is 3.98. The van der Waals surface area contributed by atoms with Crippen LogP contribution in [0.2, 0.25) is 0 Å². The zero-order valence-electron chi connectivity index (χ0n) is 9.80. The van der Waals surface area contributed by atoms with E-state index in [-0.39, 0.29) is 17.3 Å². The van der Waals surface area contributed by atoms with E-state index in [1.54, 1.807) is 0 Å². The molecule has 0 spiro atoms. The Morgan fingerprint density at radius 2 is 1.64 bits per heavy atom. The SMILES string of the molecule is CCC(C(=O)OP)C(CC)(CC)CC. The highest BCUT2D eigenvalue weighted by atomic mass is 31.0. The predicted molar refractivity (Wildman–Crippen MR) is 62.9 cm³/mol. The molecule has 0 N–H and O–H groups in total. The molecule has 0 saturated carbocycles. The third kappa shape index (κ3) is 2.70. The molecule has 0 fully saturated rings. The van der Waals surface area contributed by atoms with Crippen molar-refractivity contribution in [1.29, 1.82) is 0 Å². The van der Waals surface area contributed by atoms with Crippen LogP contribution in [0.3, 0.4) is 0 Å². The maximum atomic E-state index is 11.6. The summed E-state index contributed by atoms with van der Waals surface area (Å²) in [5, 5.41) is 0. The lowest BCUT2D eigenvalue weighted by Crippen LogP contribution is -2.34. The van der Waals surface area contributed by atoms with Crippen LogP contribution in [0.5, 0.6) is 0 Å². The van der Waals surface area contributed by atoms with Gasteiger partial charge in [0.25, 0.3) is 0 Å². The molecule has 0 aromatic carbocycles. The molecule has 0 saturated heterocycles. The van der Waals surface area contributed by atoms with Gasteiger partial charge in [0.2, 0.25) is 0 Å². The van der Waals surface area contributed by atoms with Crippen molar-refractivity contribution in [3.05, 3.63) is 0 Å². The van der Waals surface area contributed by atoms with E-state index in [1.807, 2.05) is 0 Å². The molecule has 3 heteroatoms. The van der Waals surface area contributed by atoms with Gasteiger partial charge in [-0.2, -0.15) is 0 Å². The number of carbonyl (C=O) groups is 1. The summed E-state index contributed by atoms with van der Waals surface area (Å²) in [6.45, 7) is 8.53. The highest BCUT2D eigenvalue weighted by Crippen LogP contribution is 2.41. The molecule has 2 unspecified atom stereocenters. The Morgan fingerprint density at radius 3 is 1.86 bits per heavy atom.